The van der Waals surface area contributed by atoms with Crippen molar-refractivity contribution >= 4 is 0 Å². The van der Waals surface area contributed by atoms with Crippen LogP contribution in [0.1, 0.15) is 57.1 Å². The minimum absolute atomic E-state index is 0.866. The fourth-order valence-electron chi connectivity index (χ4n) is 3.25. The maximum atomic E-state index is 2.40. The molecule has 104 valence electrons. The van der Waals surface area contributed by atoms with Gasteiger partial charge in [0.15, 0.2) is 0 Å². The van der Waals surface area contributed by atoms with Crippen LogP contribution in [0.4, 0.5) is 0 Å². The second kappa shape index (κ2) is 7.53. The van der Waals surface area contributed by atoms with Crippen LogP contribution in [-0.4, -0.2) is 0 Å². The molecule has 19 heavy (non-hydrogen) atoms. The van der Waals surface area contributed by atoms with Crippen molar-refractivity contribution in [3.8, 4) is 0 Å². The van der Waals surface area contributed by atoms with E-state index in [9.17, 15) is 0 Å². The van der Waals surface area contributed by atoms with Crippen LogP contribution in [-0.2, 0) is 12.8 Å². The predicted octanol–water partition coefficient (Wildman–Crippen LogP) is 5.56. The third kappa shape index (κ3) is 4.53. The molecule has 1 aliphatic rings. The summed E-state index contributed by atoms with van der Waals surface area (Å²) >= 11 is 0. The van der Waals surface area contributed by atoms with Gasteiger partial charge in [-0.05, 0) is 74.8 Å². The molecule has 0 radical (unpaired) electrons. The Hall–Kier alpha value is -1.04. The molecule has 0 spiro atoms. The molecule has 0 saturated heterocycles. The van der Waals surface area contributed by atoms with Gasteiger partial charge in [0.2, 0.25) is 0 Å². The Balaban J connectivity index is 1.74. The number of rotatable bonds is 5. The van der Waals surface area contributed by atoms with Crippen LogP contribution in [0.25, 0.3) is 0 Å². The molecule has 1 aromatic rings. The zero-order valence-corrected chi connectivity index (χ0v) is 12.6. The highest BCUT2D eigenvalue weighted by atomic mass is 14.2. The van der Waals surface area contributed by atoms with Gasteiger partial charge < -0.3 is 0 Å². The monoisotopic (exact) mass is 256 g/mol. The zero-order valence-electron chi connectivity index (χ0n) is 12.6. The number of aryl methyl sites for hydroxylation is 2. The first-order valence-electron chi connectivity index (χ1n) is 8.02. The molecule has 0 bridgehead atoms. The normalized spacial score (nSPS) is 23.9. The van der Waals surface area contributed by atoms with Crippen molar-refractivity contribution in [2.75, 3.05) is 0 Å². The highest BCUT2D eigenvalue weighted by Crippen LogP contribution is 2.32. The first kappa shape index (κ1) is 14.4. The summed E-state index contributed by atoms with van der Waals surface area (Å²) in [4.78, 5) is 0. The van der Waals surface area contributed by atoms with Crippen molar-refractivity contribution in [1.82, 2.24) is 0 Å². The summed E-state index contributed by atoms with van der Waals surface area (Å²) in [7, 11) is 0. The van der Waals surface area contributed by atoms with Gasteiger partial charge in [-0.1, -0.05) is 43.3 Å². The van der Waals surface area contributed by atoms with E-state index in [0.717, 1.165) is 18.3 Å². The van der Waals surface area contributed by atoms with E-state index in [2.05, 4.69) is 50.3 Å². The third-order valence-electron chi connectivity index (χ3n) is 4.63. The molecule has 1 fully saturated rings. The number of allylic oxidation sites excluding steroid dienone is 2. The molecule has 2 rings (SSSR count). The lowest BCUT2D eigenvalue weighted by Crippen LogP contribution is -2.13. The average Bonchev–Trinajstić information content (AvgIpc) is 2.47. The lowest BCUT2D eigenvalue weighted by molar-refractivity contribution is 0.296. The van der Waals surface area contributed by atoms with E-state index < -0.39 is 0 Å². The van der Waals surface area contributed by atoms with E-state index in [1.807, 2.05) is 0 Å². The molecule has 0 nitrogen and oxygen atoms in total. The van der Waals surface area contributed by atoms with E-state index in [4.69, 9.17) is 0 Å². The van der Waals surface area contributed by atoms with Gasteiger partial charge in [0, 0.05) is 0 Å². The molecule has 0 unspecified atom stereocenters. The van der Waals surface area contributed by atoms with Crippen molar-refractivity contribution in [2.24, 2.45) is 11.8 Å². The molecule has 0 amide bonds. The summed E-state index contributed by atoms with van der Waals surface area (Å²) in [5.41, 5.74) is 2.98. The van der Waals surface area contributed by atoms with Gasteiger partial charge >= 0.3 is 0 Å². The number of benzene rings is 1. The molecular formula is C19H28. The van der Waals surface area contributed by atoms with Gasteiger partial charge in [-0.25, -0.2) is 0 Å². The molecular weight excluding hydrogens is 228 g/mol. The van der Waals surface area contributed by atoms with E-state index in [1.165, 1.54) is 49.7 Å². The summed E-state index contributed by atoms with van der Waals surface area (Å²) in [6.45, 7) is 4.37. The Morgan fingerprint density at radius 3 is 2.21 bits per heavy atom. The van der Waals surface area contributed by atoms with Gasteiger partial charge in [0.05, 0.1) is 0 Å². The molecule has 1 aromatic carbocycles. The maximum absolute atomic E-state index is 2.40. The fraction of sp³-hybridized carbons (Fsp3) is 0.579. The van der Waals surface area contributed by atoms with Crippen molar-refractivity contribution in [2.45, 2.75) is 58.8 Å². The Morgan fingerprint density at radius 1 is 1.00 bits per heavy atom. The third-order valence-corrected chi connectivity index (χ3v) is 4.63. The predicted molar refractivity (Wildman–Crippen MR) is 84.4 cm³/mol. The second-order valence-electron chi connectivity index (χ2n) is 6.02. The van der Waals surface area contributed by atoms with E-state index in [-0.39, 0.29) is 0 Å². The van der Waals surface area contributed by atoms with E-state index >= 15 is 0 Å². The summed E-state index contributed by atoms with van der Waals surface area (Å²) in [5, 5.41) is 0. The van der Waals surface area contributed by atoms with Gasteiger partial charge in [-0.15, -0.1) is 0 Å². The van der Waals surface area contributed by atoms with Crippen LogP contribution in [0, 0.1) is 11.8 Å². The van der Waals surface area contributed by atoms with E-state index in [0.29, 0.717) is 0 Å². The summed E-state index contributed by atoms with van der Waals surface area (Å²) < 4.78 is 0. The quantitative estimate of drug-likeness (QED) is 0.605. The van der Waals surface area contributed by atoms with E-state index in [1.54, 1.807) is 0 Å². The molecule has 0 aliphatic heterocycles. The van der Waals surface area contributed by atoms with Gasteiger partial charge in [0.1, 0.15) is 0 Å². The molecule has 1 saturated carbocycles. The molecule has 0 atom stereocenters. The largest absolute Gasteiger partial charge is 0.0914 e. The highest BCUT2D eigenvalue weighted by Gasteiger charge is 2.18. The Bertz CT molecular complexity index is 377. The number of hydrogen-bond donors (Lipinski definition) is 0. The van der Waals surface area contributed by atoms with Crippen molar-refractivity contribution < 1.29 is 0 Å². The Labute approximate surface area is 118 Å². The fourth-order valence-corrected chi connectivity index (χ4v) is 3.25. The van der Waals surface area contributed by atoms with Crippen LogP contribution in [0.3, 0.4) is 0 Å². The summed E-state index contributed by atoms with van der Waals surface area (Å²) in [5.74, 6) is 1.83. The first-order valence-corrected chi connectivity index (χ1v) is 8.02. The van der Waals surface area contributed by atoms with Gasteiger partial charge in [-0.2, -0.15) is 0 Å². The smallest absolute Gasteiger partial charge is 0.0233 e. The van der Waals surface area contributed by atoms with Crippen molar-refractivity contribution in [3.63, 3.8) is 0 Å². The first-order chi connectivity index (χ1) is 9.31. The van der Waals surface area contributed by atoms with Crippen molar-refractivity contribution in [3.05, 3.63) is 47.5 Å². The summed E-state index contributed by atoms with van der Waals surface area (Å²) in [6.07, 6.45) is 14.1. The topological polar surface area (TPSA) is 0 Å². The van der Waals surface area contributed by atoms with Crippen LogP contribution >= 0.6 is 0 Å². The van der Waals surface area contributed by atoms with Crippen LogP contribution < -0.4 is 0 Å². The molecule has 0 N–H and O–H groups in total. The molecule has 1 aliphatic carbocycles. The highest BCUT2D eigenvalue weighted by molar-refractivity contribution is 5.22. The van der Waals surface area contributed by atoms with Gasteiger partial charge in [0.25, 0.3) is 0 Å². The minimum atomic E-state index is 0.866. The van der Waals surface area contributed by atoms with Crippen LogP contribution in [0.15, 0.2) is 36.4 Å². The summed E-state index contributed by atoms with van der Waals surface area (Å²) in [6, 6.07) is 9.23. The standard InChI is InChI=1S/C19H28/c1-3-5-17-10-12-19(13-11-17)15-14-18-8-6-16(4-2)7-9-18/h3,5-9,17,19H,4,10-15H2,1-2H3. The maximum Gasteiger partial charge on any atom is -0.0233 e. The zero-order chi connectivity index (χ0) is 13.5. The number of hydrogen-bond acceptors (Lipinski definition) is 0. The molecule has 0 aromatic heterocycles. The van der Waals surface area contributed by atoms with Gasteiger partial charge in [-0.3, -0.25) is 0 Å². The van der Waals surface area contributed by atoms with Crippen LogP contribution in [0.5, 0.6) is 0 Å². The molecule has 0 heterocycles. The van der Waals surface area contributed by atoms with Crippen LogP contribution in [0.2, 0.25) is 0 Å². The van der Waals surface area contributed by atoms with Crippen molar-refractivity contribution in [1.29, 1.82) is 0 Å². The lowest BCUT2D eigenvalue weighted by Gasteiger charge is -2.26. The molecule has 0 heteroatoms. The lowest BCUT2D eigenvalue weighted by atomic mass is 9.79. The Morgan fingerprint density at radius 2 is 1.63 bits per heavy atom. The SMILES string of the molecule is CC=CC1CCC(CCc2ccc(CC)cc2)CC1. The average molecular weight is 256 g/mol. The Kier molecular flexibility index (Phi) is 5.69. The minimum Gasteiger partial charge on any atom is -0.0914 e. The second-order valence-corrected chi connectivity index (χ2v) is 6.02.